The van der Waals surface area contributed by atoms with Crippen LogP contribution in [0, 0.1) is 0 Å². The number of hydrogen-bond acceptors (Lipinski definition) is 2. The Morgan fingerprint density at radius 1 is 0.500 bits per heavy atom. The molecule has 0 radical (unpaired) electrons. The number of nitrogens with one attached hydrogen (secondary N) is 2. The summed E-state index contributed by atoms with van der Waals surface area (Å²) in [6, 6.07) is 29.5. The van der Waals surface area contributed by atoms with E-state index in [1.807, 2.05) is 72.8 Å². The van der Waals surface area contributed by atoms with Gasteiger partial charge in [0.1, 0.15) is 0 Å². The number of anilines is 2. The van der Waals surface area contributed by atoms with E-state index in [-0.39, 0.29) is 11.8 Å². The molecular weight excluding hydrogens is 348 g/mol. The summed E-state index contributed by atoms with van der Waals surface area (Å²) in [7, 11) is 0. The summed E-state index contributed by atoms with van der Waals surface area (Å²) in [4.78, 5) is 25.1. The van der Waals surface area contributed by atoms with E-state index in [2.05, 4.69) is 10.6 Å². The van der Waals surface area contributed by atoms with Crippen LogP contribution in [0.4, 0.5) is 11.4 Å². The highest BCUT2D eigenvalue weighted by molar-refractivity contribution is 6.09. The van der Waals surface area contributed by atoms with Crippen molar-refractivity contribution in [3.8, 4) is 0 Å². The van der Waals surface area contributed by atoms with Crippen LogP contribution in [0.25, 0.3) is 10.8 Å². The van der Waals surface area contributed by atoms with E-state index in [0.717, 1.165) is 22.1 Å². The van der Waals surface area contributed by atoms with Crippen LogP contribution in [0.5, 0.6) is 0 Å². The van der Waals surface area contributed by atoms with E-state index >= 15 is 0 Å². The number of carbonyl (C=O) groups excluding carboxylic acids is 2. The number of para-hydroxylation sites is 2. The maximum atomic E-state index is 12.5. The summed E-state index contributed by atoms with van der Waals surface area (Å²) in [6.07, 6.45) is 0. The van der Waals surface area contributed by atoms with Crippen LogP contribution in [-0.2, 0) is 0 Å². The monoisotopic (exact) mass is 366 g/mol. The molecule has 0 heterocycles. The third kappa shape index (κ3) is 3.91. The molecule has 0 aliphatic carbocycles. The van der Waals surface area contributed by atoms with Crippen LogP contribution in [0.2, 0.25) is 0 Å². The van der Waals surface area contributed by atoms with Crippen LogP contribution < -0.4 is 10.6 Å². The second-order valence-corrected chi connectivity index (χ2v) is 6.42. The maximum Gasteiger partial charge on any atom is 0.255 e. The average molecular weight is 366 g/mol. The molecule has 0 atom stereocenters. The summed E-state index contributed by atoms with van der Waals surface area (Å²) in [5.41, 5.74) is 2.56. The number of hydrogen-bond donors (Lipinski definition) is 2. The Labute approximate surface area is 162 Å². The first-order valence-corrected chi connectivity index (χ1v) is 8.96. The third-order valence-electron chi connectivity index (χ3n) is 4.43. The average Bonchev–Trinajstić information content (AvgIpc) is 2.74. The fourth-order valence-corrected chi connectivity index (χ4v) is 2.98. The van der Waals surface area contributed by atoms with E-state index < -0.39 is 0 Å². The quantitative estimate of drug-likeness (QED) is 0.512. The van der Waals surface area contributed by atoms with Gasteiger partial charge in [0, 0.05) is 22.5 Å². The Balaban J connectivity index is 1.58. The fourth-order valence-electron chi connectivity index (χ4n) is 2.98. The summed E-state index contributed by atoms with van der Waals surface area (Å²) < 4.78 is 0. The van der Waals surface area contributed by atoms with Crippen molar-refractivity contribution in [3.05, 3.63) is 108 Å². The summed E-state index contributed by atoms with van der Waals surface area (Å²) in [5, 5.41) is 7.55. The first-order chi connectivity index (χ1) is 13.7. The lowest BCUT2D eigenvalue weighted by atomic mass is 10.0. The molecule has 0 fully saturated rings. The lowest BCUT2D eigenvalue weighted by Crippen LogP contribution is -2.12. The molecule has 4 aromatic carbocycles. The molecule has 4 heteroatoms. The fraction of sp³-hybridized carbons (Fsp3) is 0. The zero-order chi connectivity index (χ0) is 19.3. The van der Waals surface area contributed by atoms with Crippen molar-refractivity contribution in [1.82, 2.24) is 0 Å². The van der Waals surface area contributed by atoms with Gasteiger partial charge in [-0.2, -0.15) is 0 Å². The van der Waals surface area contributed by atoms with Crippen molar-refractivity contribution in [3.63, 3.8) is 0 Å². The van der Waals surface area contributed by atoms with Gasteiger partial charge in [-0.1, -0.05) is 48.5 Å². The first-order valence-electron chi connectivity index (χ1n) is 8.96. The highest BCUT2D eigenvalue weighted by Crippen LogP contribution is 2.20. The van der Waals surface area contributed by atoms with Gasteiger partial charge in [0.25, 0.3) is 11.8 Å². The Morgan fingerprint density at radius 2 is 0.929 bits per heavy atom. The zero-order valence-electron chi connectivity index (χ0n) is 15.1. The van der Waals surface area contributed by atoms with Gasteiger partial charge in [0.15, 0.2) is 0 Å². The van der Waals surface area contributed by atoms with Crippen LogP contribution in [0.1, 0.15) is 20.7 Å². The molecule has 0 aliphatic rings. The lowest BCUT2D eigenvalue weighted by Gasteiger charge is -2.08. The van der Waals surface area contributed by atoms with Crippen LogP contribution in [-0.4, -0.2) is 11.8 Å². The van der Waals surface area contributed by atoms with Gasteiger partial charge in [-0.15, -0.1) is 0 Å². The zero-order valence-corrected chi connectivity index (χ0v) is 15.1. The number of amides is 2. The molecular formula is C24H18N2O2. The minimum absolute atomic E-state index is 0.188. The van der Waals surface area contributed by atoms with Crippen LogP contribution in [0.15, 0.2) is 97.1 Å². The maximum absolute atomic E-state index is 12.5. The number of rotatable bonds is 4. The molecule has 28 heavy (non-hydrogen) atoms. The van der Waals surface area contributed by atoms with E-state index in [9.17, 15) is 9.59 Å². The van der Waals surface area contributed by atoms with Crippen LogP contribution >= 0.6 is 0 Å². The Morgan fingerprint density at radius 3 is 1.36 bits per heavy atom. The summed E-state index contributed by atoms with van der Waals surface area (Å²) in [6.45, 7) is 0. The van der Waals surface area contributed by atoms with Crippen molar-refractivity contribution in [2.75, 3.05) is 10.6 Å². The Bertz CT molecular complexity index is 1050. The molecule has 0 bridgehead atoms. The van der Waals surface area contributed by atoms with Gasteiger partial charge in [0.05, 0.1) is 0 Å². The van der Waals surface area contributed by atoms with E-state index in [4.69, 9.17) is 0 Å². The van der Waals surface area contributed by atoms with Crippen molar-refractivity contribution in [2.45, 2.75) is 0 Å². The SMILES string of the molecule is O=C(Nc1ccccc1)c1ccc2ccc(C(=O)Nc3ccccc3)cc2c1. The number of carbonyl (C=O) groups is 2. The van der Waals surface area contributed by atoms with Gasteiger partial charge >= 0.3 is 0 Å². The van der Waals surface area contributed by atoms with Gasteiger partial charge in [-0.05, 0) is 59.3 Å². The molecule has 136 valence electrons. The first kappa shape index (κ1) is 17.5. The largest absolute Gasteiger partial charge is 0.322 e. The van der Waals surface area contributed by atoms with E-state index in [1.54, 1.807) is 24.3 Å². The normalized spacial score (nSPS) is 10.4. The molecule has 4 aromatic rings. The predicted molar refractivity (Wildman–Crippen MR) is 113 cm³/mol. The minimum atomic E-state index is -0.188. The molecule has 2 N–H and O–H groups in total. The molecule has 0 saturated heterocycles. The standard InChI is InChI=1S/C24H18N2O2/c27-23(25-21-7-3-1-4-8-21)18-13-11-17-12-14-19(16-20(17)15-18)24(28)26-22-9-5-2-6-10-22/h1-16H,(H,25,27)(H,26,28). The Hall–Kier alpha value is -3.92. The number of benzene rings is 4. The van der Waals surface area contributed by atoms with E-state index in [0.29, 0.717) is 11.1 Å². The highest BCUT2D eigenvalue weighted by atomic mass is 16.2. The minimum Gasteiger partial charge on any atom is -0.322 e. The third-order valence-corrected chi connectivity index (χ3v) is 4.43. The van der Waals surface area contributed by atoms with Crippen LogP contribution in [0.3, 0.4) is 0 Å². The second-order valence-electron chi connectivity index (χ2n) is 6.42. The van der Waals surface area contributed by atoms with Gasteiger partial charge < -0.3 is 10.6 Å². The predicted octanol–water partition coefficient (Wildman–Crippen LogP) is 5.34. The molecule has 0 saturated carbocycles. The second kappa shape index (κ2) is 7.76. The van der Waals surface area contributed by atoms with Crippen molar-refractivity contribution >= 4 is 34.0 Å². The number of fused-ring (bicyclic) bond motifs is 1. The van der Waals surface area contributed by atoms with Gasteiger partial charge in [-0.3, -0.25) is 9.59 Å². The molecule has 0 unspecified atom stereocenters. The Kier molecular flexibility index (Phi) is 4.85. The molecule has 2 amide bonds. The van der Waals surface area contributed by atoms with Gasteiger partial charge in [0.2, 0.25) is 0 Å². The van der Waals surface area contributed by atoms with Gasteiger partial charge in [-0.25, -0.2) is 0 Å². The van der Waals surface area contributed by atoms with Crippen molar-refractivity contribution < 1.29 is 9.59 Å². The molecule has 4 nitrogen and oxygen atoms in total. The molecule has 0 aromatic heterocycles. The molecule has 0 aliphatic heterocycles. The molecule has 4 rings (SSSR count). The van der Waals surface area contributed by atoms with Crippen molar-refractivity contribution in [2.24, 2.45) is 0 Å². The molecule has 0 spiro atoms. The van der Waals surface area contributed by atoms with Crippen molar-refractivity contribution in [1.29, 1.82) is 0 Å². The lowest BCUT2D eigenvalue weighted by molar-refractivity contribution is 0.101. The summed E-state index contributed by atoms with van der Waals surface area (Å²) >= 11 is 0. The highest BCUT2D eigenvalue weighted by Gasteiger charge is 2.10. The summed E-state index contributed by atoms with van der Waals surface area (Å²) in [5.74, 6) is -0.375. The smallest absolute Gasteiger partial charge is 0.255 e. The van der Waals surface area contributed by atoms with E-state index in [1.165, 1.54) is 0 Å². The topological polar surface area (TPSA) is 58.2 Å².